The van der Waals surface area contributed by atoms with E-state index < -0.39 is 5.82 Å². The minimum atomic E-state index is -0.677. The second-order valence-corrected chi connectivity index (χ2v) is 7.97. The maximum Gasteiger partial charge on any atom is 0.184 e. The minimum absolute atomic E-state index is 0. The minimum Gasteiger partial charge on any atom is -0.508 e. The number of nitrogens with one attached hydrogen (secondary N) is 2. The molecule has 1 aliphatic heterocycles. The molecule has 7 nitrogen and oxygen atoms in total. The molecule has 4 aromatic rings. The first kappa shape index (κ1) is 22.5. The number of hydrogen-bond donors (Lipinski definition) is 4. The van der Waals surface area contributed by atoms with E-state index in [0.717, 1.165) is 37.6 Å². The molecule has 5 rings (SSSR count). The van der Waals surface area contributed by atoms with Crippen LogP contribution in [0.2, 0.25) is 0 Å². The Morgan fingerprint density at radius 3 is 2.52 bits per heavy atom. The summed E-state index contributed by atoms with van der Waals surface area (Å²) < 4.78 is 14.7. The molecule has 9 heteroatoms. The lowest BCUT2D eigenvalue weighted by molar-refractivity contribution is 0.460. The van der Waals surface area contributed by atoms with E-state index >= 15 is 0 Å². The molecule has 2 aromatic heterocycles. The number of rotatable bonds is 3. The van der Waals surface area contributed by atoms with Gasteiger partial charge in [0.25, 0.3) is 0 Å². The van der Waals surface area contributed by atoms with Crippen LogP contribution in [0.25, 0.3) is 33.4 Å². The van der Waals surface area contributed by atoms with Gasteiger partial charge in [-0.3, -0.25) is 5.10 Å². The third-order valence-electron chi connectivity index (χ3n) is 6.06. The molecular weight excluding hydrogens is 443 g/mol. The molecule has 0 radical (unpaired) electrons. The molecule has 0 aliphatic carbocycles. The molecule has 0 bridgehead atoms. The van der Waals surface area contributed by atoms with Gasteiger partial charge in [-0.1, -0.05) is 24.3 Å². The Bertz CT molecular complexity index is 1360. The zero-order chi connectivity index (χ0) is 22.2. The Morgan fingerprint density at radius 1 is 1.12 bits per heavy atom. The topological polar surface area (TPSA) is 124 Å². The number of nitriles is 1. The number of halogens is 2. The molecular formula is C24H22ClFN6O. The number of pyridine rings is 1. The monoisotopic (exact) mass is 464 g/mol. The number of piperidine rings is 1. The van der Waals surface area contributed by atoms with Gasteiger partial charge < -0.3 is 16.2 Å². The van der Waals surface area contributed by atoms with E-state index in [1.54, 1.807) is 0 Å². The van der Waals surface area contributed by atoms with Crippen molar-refractivity contribution in [2.45, 2.75) is 18.8 Å². The number of nitrogens with two attached hydrogens (primary N) is 1. The molecule has 0 unspecified atom stereocenters. The van der Waals surface area contributed by atoms with Gasteiger partial charge in [-0.15, -0.1) is 12.4 Å². The van der Waals surface area contributed by atoms with E-state index in [-0.39, 0.29) is 35.0 Å². The van der Waals surface area contributed by atoms with Crippen molar-refractivity contribution in [3.05, 3.63) is 59.4 Å². The number of H-pyrrole nitrogens is 1. The second-order valence-electron chi connectivity index (χ2n) is 7.97. The van der Waals surface area contributed by atoms with Gasteiger partial charge in [-0.25, -0.2) is 9.37 Å². The smallest absolute Gasteiger partial charge is 0.184 e. The van der Waals surface area contributed by atoms with Gasteiger partial charge in [0.05, 0.1) is 16.6 Å². The average molecular weight is 465 g/mol. The highest BCUT2D eigenvalue weighted by molar-refractivity contribution is 6.04. The number of benzene rings is 2. The summed E-state index contributed by atoms with van der Waals surface area (Å²) in [5.41, 5.74) is 9.48. The maximum atomic E-state index is 14.7. The number of aromatic hydroxyl groups is 1. The molecule has 0 saturated carbocycles. The number of nitrogen functional groups attached to an aromatic ring is 1. The van der Waals surface area contributed by atoms with Crippen LogP contribution in [0.5, 0.6) is 5.75 Å². The maximum absolute atomic E-state index is 14.7. The molecule has 0 amide bonds. The van der Waals surface area contributed by atoms with Gasteiger partial charge in [0.15, 0.2) is 5.65 Å². The highest BCUT2D eigenvalue weighted by atomic mass is 35.5. The predicted molar refractivity (Wildman–Crippen MR) is 128 cm³/mol. The van der Waals surface area contributed by atoms with Crippen LogP contribution in [0.1, 0.15) is 29.9 Å². The van der Waals surface area contributed by atoms with E-state index in [1.807, 2.05) is 12.1 Å². The van der Waals surface area contributed by atoms with Crippen molar-refractivity contribution in [1.29, 1.82) is 5.26 Å². The number of fused-ring (bicyclic) bond motifs is 1. The second kappa shape index (κ2) is 9.06. The predicted octanol–water partition coefficient (Wildman–Crippen LogP) is 4.48. The number of phenolic OH excluding ortho intramolecular Hbond substituents is 1. The number of hydrogen-bond acceptors (Lipinski definition) is 6. The molecule has 0 spiro atoms. The number of aromatic amines is 1. The normalized spacial score (nSPS) is 14.1. The van der Waals surface area contributed by atoms with Crippen molar-refractivity contribution < 1.29 is 9.50 Å². The molecule has 3 heterocycles. The lowest BCUT2D eigenvalue weighted by atomic mass is 9.88. The number of anilines is 1. The fourth-order valence-electron chi connectivity index (χ4n) is 4.44. The van der Waals surface area contributed by atoms with Crippen LogP contribution in [-0.2, 0) is 0 Å². The highest BCUT2D eigenvalue weighted by Gasteiger charge is 2.23. The van der Waals surface area contributed by atoms with E-state index in [2.05, 4.69) is 38.7 Å². The quantitative estimate of drug-likeness (QED) is 0.354. The van der Waals surface area contributed by atoms with Crippen LogP contribution in [0.3, 0.4) is 0 Å². The Morgan fingerprint density at radius 2 is 1.85 bits per heavy atom. The van der Waals surface area contributed by atoms with E-state index in [9.17, 15) is 14.8 Å². The first-order chi connectivity index (χ1) is 15.6. The SMILES string of the molecule is Cl.N#Cc1c(-c2ccc(O)cc2F)nc2n[nH]c(N)c2c1-c1ccc(C2CCNCC2)cc1. The molecule has 2 aromatic carbocycles. The summed E-state index contributed by atoms with van der Waals surface area (Å²) >= 11 is 0. The third kappa shape index (κ3) is 3.97. The summed E-state index contributed by atoms with van der Waals surface area (Å²) in [4.78, 5) is 4.43. The zero-order valence-corrected chi connectivity index (χ0v) is 18.4. The molecule has 1 saturated heterocycles. The lowest BCUT2D eigenvalue weighted by Crippen LogP contribution is -2.26. The molecule has 0 atom stereocenters. The third-order valence-corrected chi connectivity index (χ3v) is 6.06. The van der Waals surface area contributed by atoms with Crippen molar-refractivity contribution in [1.82, 2.24) is 20.5 Å². The lowest BCUT2D eigenvalue weighted by Gasteiger charge is -2.23. The number of nitrogens with zero attached hydrogens (tertiary/aromatic N) is 3. The average Bonchev–Trinajstić information content (AvgIpc) is 3.19. The van der Waals surface area contributed by atoms with Gasteiger partial charge in [-0.05, 0) is 55.1 Å². The van der Waals surface area contributed by atoms with Gasteiger partial charge in [0, 0.05) is 17.2 Å². The van der Waals surface area contributed by atoms with Crippen LogP contribution in [0, 0.1) is 17.1 Å². The van der Waals surface area contributed by atoms with Crippen molar-refractivity contribution in [2.75, 3.05) is 18.8 Å². The summed E-state index contributed by atoms with van der Waals surface area (Å²) in [7, 11) is 0. The fraction of sp³-hybridized carbons (Fsp3) is 0.208. The largest absolute Gasteiger partial charge is 0.508 e. The van der Waals surface area contributed by atoms with Crippen molar-refractivity contribution in [2.24, 2.45) is 0 Å². The van der Waals surface area contributed by atoms with Crippen molar-refractivity contribution in [3.8, 4) is 34.2 Å². The van der Waals surface area contributed by atoms with Gasteiger partial charge >= 0.3 is 0 Å². The van der Waals surface area contributed by atoms with Crippen LogP contribution in [-0.4, -0.2) is 33.4 Å². The Labute approximate surface area is 195 Å². The Balaban J connectivity index is 0.00000259. The van der Waals surface area contributed by atoms with E-state index in [1.165, 1.54) is 17.7 Å². The molecule has 168 valence electrons. The fourth-order valence-corrected chi connectivity index (χ4v) is 4.44. The van der Waals surface area contributed by atoms with Gasteiger partial charge in [-0.2, -0.15) is 10.4 Å². The summed E-state index contributed by atoms with van der Waals surface area (Å²) in [6, 6.07) is 14.0. The van der Waals surface area contributed by atoms with Crippen LogP contribution < -0.4 is 11.1 Å². The highest BCUT2D eigenvalue weighted by Crippen LogP contribution is 2.40. The van der Waals surface area contributed by atoms with Gasteiger partial charge in [0.1, 0.15) is 23.5 Å². The number of aromatic nitrogens is 3. The van der Waals surface area contributed by atoms with Gasteiger partial charge in [0.2, 0.25) is 0 Å². The van der Waals surface area contributed by atoms with E-state index in [0.29, 0.717) is 28.3 Å². The zero-order valence-electron chi connectivity index (χ0n) is 17.6. The first-order valence-electron chi connectivity index (χ1n) is 10.4. The standard InChI is InChI=1S/C24H21FN6O.ClH/c25-19-11-16(32)5-6-17(19)22-18(12-26)20(21-23(27)30-31-24(21)29-22)15-3-1-13(2-4-15)14-7-9-28-10-8-14;/h1-6,11,14,28,32H,7-10H2,(H3,27,29,30,31);1H. The summed E-state index contributed by atoms with van der Waals surface area (Å²) in [6.45, 7) is 2.01. The van der Waals surface area contributed by atoms with Crippen molar-refractivity contribution in [3.63, 3.8) is 0 Å². The van der Waals surface area contributed by atoms with Crippen LogP contribution in [0.15, 0.2) is 42.5 Å². The first-order valence-corrected chi connectivity index (χ1v) is 10.4. The Hall–Kier alpha value is -3.67. The molecule has 33 heavy (non-hydrogen) atoms. The summed E-state index contributed by atoms with van der Waals surface area (Å²) in [5.74, 6) is -0.0920. The molecule has 1 fully saturated rings. The molecule has 5 N–H and O–H groups in total. The van der Waals surface area contributed by atoms with Crippen LogP contribution >= 0.6 is 12.4 Å². The Kier molecular flexibility index (Phi) is 6.18. The summed E-state index contributed by atoms with van der Waals surface area (Å²) in [5, 5.41) is 30.4. The molecule has 1 aliphatic rings. The number of phenols is 1. The van der Waals surface area contributed by atoms with E-state index in [4.69, 9.17) is 5.73 Å². The summed E-state index contributed by atoms with van der Waals surface area (Å²) in [6.07, 6.45) is 2.17. The van der Waals surface area contributed by atoms with Crippen molar-refractivity contribution >= 4 is 29.3 Å². The van der Waals surface area contributed by atoms with Crippen LogP contribution in [0.4, 0.5) is 10.2 Å².